The fourth-order valence-electron chi connectivity index (χ4n) is 1.89. The molecule has 0 aromatic heterocycles. The first-order valence-corrected chi connectivity index (χ1v) is 7.90. The van der Waals surface area contributed by atoms with Crippen LogP contribution >= 0.6 is 24.2 Å². The molecule has 0 saturated carbocycles. The van der Waals surface area contributed by atoms with Crippen LogP contribution in [0, 0.1) is 5.41 Å². The molecular weight excluding hydrogens is 298 g/mol. The molecule has 0 bridgehead atoms. The maximum absolute atomic E-state index is 12.3. The average Bonchev–Trinajstić information content (AvgIpc) is 2.81. The van der Waals surface area contributed by atoms with Crippen molar-refractivity contribution in [3.05, 3.63) is 0 Å². The summed E-state index contributed by atoms with van der Waals surface area (Å²) in [6.45, 7) is 6.93. The molecule has 5 nitrogen and oxygen atoms in total. The summed E-state index contributed by atoms with van der Waals surface area (Å²) in [5.74, 6) is 1.29. The van der Waals surface area contributed by atoms with Crippen LogP contribution in [0.25, 0.3) is 0 Å². The predicted molar refractivity (Wildman–Crippen MR) is 86.0 cm³/mol. The molecule has 0 spiro atoms. The third-order valence-corrected chi connectivity index (χ3v) is 4.03. The van der Waals surface area contributed by atoms with Gasteiger partial charge in [-0.2, -0.15) is 0 Å². The molecule has 118 valence electrons. The van der Waals surface area contributed by atoms with E-state index in [1.54, 1.807) is 16.7 Å². The number of nitrogens with one attached hydrogen (secondary N) is 1. The molecule has 0 aromatic rings. The summed E-state index contributed by atoms with van der Waals surface area (Å²) >= 11 is 1.63. The molecule has 0 aromatic carbocycles. The van der Waals surface area contributed by atoms with Gasteiger partial charge >= 0.3 is 0 Å². The fraction of sp³-hybridized carbons (Fsp3) is 0.846. The molecule has 7 heteroatoms. The van der Waals surface area contributed by atoms with Gasteiger partial charge in [0, 0.05) is 17.7 Å². The van der Waals surface area contributed by atoms with E-state index in [2.05, 4.69) is 5.32 Å². The van der Waals surface area contributed by atoms with Crippen molar-refractivity contribution in [1.82, 2.24) is 10.2 Å². The second-order valence-corrected chi connectivity index (χ2v) is 6.83. The smallest absolute Gasteiger partial charge is 0.243 e. The summed E-state index contributed by atoms with van der Waals surface area (Å²) in [5.41, 5.74) is 4.97. The summed E-state index contributed by atoms with van der Waals surface area (Å²) < 4.78 is 0. The number of rotatable bonds is 5. The van der Waals surface area contributed by atoms with Gasteiger partial charge in [0.15, 0.2) is 0 Å². The van der Waals surface area contributed by atoms with Crippen molar-refractivity contribution in [3.8, 4) is 0 Å². The van der Waals surface area contributed by atoms with E-state index in [0.29, 0.717) is 24.7 Å². The van der Waals surface area contributed by atoms with E-state index in [4.69, 9.17) is 5.73 Å². The quantitative estimate of drug-likeness (QED) is 0.746. The van der Waals surface area contributed by atoms with Gasteiger partial charge in [0.1, 0.15) is 6.04 Å². The Morgan fingerprint density at radius 1 is 1.35 bits per heavy atom. The minimum atomic E-state index is -0.441. The van der Waals surface area contributed by atoms with Crippen LogP contribution < -0.4 is 11.1 Å². The Bertz CT molecular complexity index is 334. The minimum Gasteiger partial charge on any atom is -0.354 e. The number of thioether (sulfide) groups is 1. The summed E-state index contributed by atoms with van der Waals surface area (Å²) in [4.78, 5) is 26.1. The lowest BCUT2D eigenvalue weighted by Crippen LogP contribution is -2.50. The van der Waals surface area contributed by atoms with Gasteiger partial charge in [-0.3, -0.25) is 9.59 Å². The molecule has 2 amide bonds. The van der Waals surface area contributed by atoms with Gasteiger partial charge < -0.3 is 16.0 Å². The van der Waals surface area contributed by atoms with E-state index in [-0.39, 0.29) is 30.3 Å². The summed E-state index contributed by atoms with van der Waals surface area (Å²) in [6.07, 6.45) is 1.79. The van der Waals surface area contributed by atoms with Crippen LogP contribution in [0.3, 0.4) is 0 Å². The molecular formula is C13H26ClN3O2S. The first kappa shape index (κ1) is 19.5. The molecule has 3 N–H and O–H groups in total. The third-order valence-electron chi connectivity index (χ3n) is 3.02. The molecule has 1 rings (SSSR count). The molecule has 1 heterocycles. The normalized spacial score (nSPS) is 18.6. The topological polar surface area (TPSA) is 75.4 Å². The van der Waals surface area contributed by atoms with Crippen molar-refractivity contribution in [2.24, 2.45) is 11.1 Å². The SMILES string of the molecule is CC(C)(C)C(=O)N1CSCC1C(=O)NCCCCN.Cl. The monoisotopic (exact) mass is 323 g/mol. The third kappa shape index (κ3) is 5.50. The van der Waals surface area contributed by atoms with E-state index < -0.39 is 5.41 Å². The lowest BCUT2D eigenvalue weighted by atomic mass is 9.94. The van der Waals surface area contributed by atoms with Crippen molar-refractivity contribution < 1.29 is 9.59 Å². The van der Waals surface area contributed by atoms with Crippen LogP contribution in [-0.4, -0.2) is 47.5 Å². The Balaban J connectivity index is 0.00000361. The number of halogens is 1. The maximum Gasteiger partial charge on any atom is 0.243 e. The molecule has 1 unspecified atom stereocenters. The van der Waals surface area contributed by atoms with Crippen LogP contribution in [0.1, 0.15) is 33.6 Å². The first-order valence-electron chi connectivity index (χ1n) is 6.74. The van der Waals surface area contributed by atoms with E-state index in [1.165, 1.54) is 0 Å². The van der Waals surface area contributed by atoms with Gasteiger partial charge in [-0.15, -0.1) is 24.2 Å². The largest absolute Gasteiger partial charge is 0.354 e. The van der Waals surface area contributed by atoms with Gasteiger partial charge in [-0.25, -0.2) is 0 Å². The van der Waals surface area contributed by atoms with Crippen LogP contribution in [0.2, 0.25) is 0 Å². The zero-order valence-corrected chi connectivity index (χ0v) is 14.1. The molecule has 1 saturated heterocycles. The molecule has 1 aliphatic heterocycles. The second-order valence-electron chi connectivity index (χ2n) is 5.83. The van der Waals surface area contributed by atoms with E-state index in [0.717, 1.165) is 12.8 Å². The van der Waals surface area contributed by atoms with Gasteiger partial charge in [0.05, 0.1) is 5.88 Å². The number of carbonyl (C=O) groups is 2. The lowest BCUT2D eigenvalue weighted by Gasteiger charge is -2.29. The summed E-state index contributed by atoms with van der Waals surface area (Å²) in [7, 11) is 0. The highest BCUT2D eigenvalue weighted by atomic mass is 35.5. The first-order chi connectivity index (χ1) is 8.88. The Morgan fingerprint density at radius 2 is 2.00 bits per heavy atom. The van der Waals surface area contributed by atoms with Crippen LogP contribution in [0.15, 0.2) is 0 Å². The summed E-state index contributed by atoms with van der Waals surface area (Å²) in [5, 5.41) is 2.89. The van der Waals surface area contributed by atoms with Crippen LogP contribution in [0.4, 0.5) is 0 Å². The fourth-order valence-corrected chi connectivity index (χ4v) is 3.04. The van der Waals surface area contributed by atoms with E-state index in [9.17, 15) is 9.59 Å². The number of nitrogens with zero attached hydrogens (tertiary/aromatic N) is 1. The van der Waals surface area contributed by atoms with Gasteiger partial charge in [-0.1, -0.05) is 20.8 Å². The van der Waals surface area contributed by atoms with Crippen LogP contribution in [0.5, 0.6) is 0 Å². The highest BCUT2D eigenvalue weighted by Crippen LogP contribution is 2.27. The number of unbranched alkanes of at least 4 members (excludes halogenated alkanes) is 1. The van der Waals surface area contributed by atoms with Gasteiger partial charge in [0.25, 0.3) is 0 Å². The number of carbonyl (C=O) groups excluding carboxylic acids is 2. The number of nitrogens with two attached hydrogens (primary N) is 1. The van der Waals surface area contributed by atoms with Gasteiger partial charge in [-0.05, 0) is 19.4 Å². The zero-order chi connectivity index (χ0) is 14.5. The van der Waals surface area contributed by atoms with E-state index >= 15 is 0 Å². The Hall–Kier alpha value is -0.460. The molecule has 1 fully saturated rings. The van der Waals surface area contributed by atoms with Gasteiger partial charge in [0.2, 0.25) is 11.8 Å². The number of hydrogen-bond acceptors (Lipinski definition) is 4. The zero-order valence-electron chi connectivity index (χ0n) is 12.5. The molecule has 0 aliphatic carbocycles. The molecule has 20 heavy (non-hydrogen) atoms. The van der Waals surface area contributed by atoms with E-state index in [1.807, 2.05) is 20.8 Å². The summed E-state index contributed by atoms with van der Waals surface area (Å²) in [6, 6.07) is -0.324. The molecule has 1 aliphatic rings. The Labute approximate surface area is 131 Å². The van der Waals surface area contributed by atoms with Crippen molar-refractivity contribution >= 4 is 36.0 Å². The highest BCUT2D eigenvalue weighted by Gasteiger charge is 2.38. The van der Waals surface area contributed by atoms with Crippen molar-refractivity contribution in [1.29, 1.82) is 0 Å². The molecule has 0 radical (unpaired) electrons. The van der Waals surface area contributed by atoms with Crippen LogP contribution in [-0.2, 0) is 9.59 Å². The predicted octanol–water partition coefficient (Wildman–Crippen LogP) is 1.21. The maximum atomic E-state index is 12.3. The average molecular weight is 324 g/mol. The van der Waals surface area contributed by atoms with Crippen molar-refractivity contribution in [3.63, 3.8) is 0 Å². The lowest BCUT2D eigenvalue weighted by molar-refractivity contribution is -0.144. The Morgan fingerprint density at radius 3 is 2.55 bits per heavy atom. The van der Waals surface area contributed by atoms with Crippen molar-refractivity contribution in [2.45, 2.75) is 39.7 Å². The Kier molecular flexibility index (Phi) is 8.54. The highest BCUT2D eigenvalue weighted by molar-refractivity contribution is 7.99. The minimum absolute atomic E-state index is 0. The van der Waals surface area contributed by atoms with Crippen molar-refractivity contribution in [2.75, 3.05) is 24.7 Å². The second kappa shape index (κ2) is 8.74. The molecule has 1 atom stereocenters. The number of hydrogen-bond donors (Lipinski definition) is 2. The standard InChI is InChI=1S/C13H25N3O2S.ClH/c1-13(2,3)12(18)16-9-19-8-10(16)11(17)15-7-5-4-6-14;/h10H,4-9,14H2,1-3H3,(H,15,17);1H. The number of amides is 2.